The highest BCUT2D eigenvalue weighted by Crippen LogP contribution is 2.13. The van der Waals surface area contributed by atoms with Gasteiger partial charge in [0.25, 0.3) is 0 Å². The maximum Gasteiger partial charge on any atom is 0.128 e. The fourth-order valence-electron chi connectivity index (χ4n) is 2.40. The van der Waals surface area contributed by atoms with Gasteiger partial charge in [0.15, 0.2) is 0 Å². The van der Waals surface area contributed by atoms with Gasteiger partial charge in [-0.15, -0.1) is 0 Å². The van der Waals surface area contributed by atoms with Gasteiger partial charge in [-0.05, 0) is 24.3 Å². The van der Waals surface area contributed by atoms with Gasteiger partial charge in [0, 0.05) is 45.1 Å². The van der Waals surface area contributed by atoms with E-state index in [1.54, 1.807) is 0 Å². The average molecular weight is 254 g/mol. The summed E-state index contributed by atoms with van der Waals surface area (Å²) in [7, 11) is 0. The van der Waals surface area contributed by atoms with E-state index in [0.717, 1.165) is 44.2 Å². The van der Waals surface area contributed by atoms with Crippen molar-refractivity contribution in [3.8, 4) is 0 Å². The van der Waals surface area contributed by atoms with Gasteiger partial charge in [-0.25, -0.2) is 4.98 Å². The van der Waals surface area contributed by atoms with Gasteiger partial charge in [0.1, 0.15) is 5.82 Å². The third-order valence-electron chi connectivity index (χ3n) is 3.46. The predicted molar refractivity (Wildman–Crippen MR) is 76.0 cm³/mol. The van der Waals surface area contributed by atoms with E-state index in [4.69, 9.17) is 0 Å². The first-order valence-electron chi connectivity index (χ1n) is 6.70. The third-order valence-corrected chi connectivity index (χ3v) is 3.46. The van der Waals surface area contributed by atoms with E-state index in [1.165, 1.54) is 0 Å². The lowest BCUT2D eigenvalue weighted by atomic mass is 10.2. The van der Waals surface area contributed by atoms with E-state index >= 15 is 0 Å². The van der Waals surface area contributed by atoms with Crippen molar-refractivity contribution in [1.29, 1.82) is 0 Å². The molecule has 98 valence electrons. The minimum absolute atomic E-state index is 0.941. The van der Waals surface area contributed by atoms with Crippen LogP contribution < -0.4 is 4.90 Å². The SMILES string of the molecule is c1ccc(CN2CCN(c3ccccn3)CC2)nc1. The van der Waals surface area contributed by atoms with Gasteiger partial charge >= 0.3 is 0 Å². The summed E-state index contributed by atoms with van der Waals surface area (Å²) in [6.45, 7) is 5.13. The average Bonchev–Trinajstić information content (AvgIpc) is 2.50. The molecule has 0 saturated carbocycles. The first-order chi connectivity index (χ1) is 9.42. The molecule has 2 aromatic rings. The molecule has 3 rings (SSSR count). The minimum Gasteiger partial charge on any atom is -0.354 e. The molecule has 0 unspecified atom stereocenters. The zero-order valence-corrected chi connectivity index (χ0v) is 10.9. The van der Waals surface area contributed by atoms with Gasteiger partial charge in [0.2, 0.25) is 0 Å². The Morgan fingerprint density at radius 1 is 0.842 bits per heavy atom. The van der Waals surface area contributed by atoms with E-state index < -0.39 is 0 Å². The van der Waals surface area contributed by atoms with Crippen LogP contribution in [0.4, 0.5) is 5.82 Å². The van der Waals surface area contributed by atoms with E-state index in [-0.39, 0.29) is 0 Å². The van der Waals surface area contributed by atoms with Crippen LogP contribution in [-0.2, 0) is 6.54 Å². The monoisotopic (exact) mass is 254 g/mol. The van der Waals surface area contributed by atoms with Crippen molar-refractivity contribution >= 4 is 5.82 Å². The molecule has 0 bridgehead atoms. The lowest BCUT2D eigenvalue weighted by Gasteiger charge is -2.35. The van der Waals surface area contributed by atoms with Gasteiger partial charge in [-0.1, -0.05) is 12.1 Å². The summed E-state index contributed by atoms with van der Waals surface area (Å²) in [6, 6.07) is 12.2. The molecule has 3 heterocycles. The van der Waals surface area contributed by atoms with Crippen molar-refractivity contribution < 1.29 is 0 Å². The normalized spacial score (nSPS) is 16.5. The highest BCUT2D eigenvalue weighted by molar-refractivity contribution is 5.38. The number of anilines is 1. The summed E-state index contributed by atoms with van der Waals surface area (Å²) >= 11 is 0. The van der Waals surface area contributed by atoms with Crippen molar-refractivity contribution in [2.45, 2.75) is 6.54 Å². The summed E-state index contributed by atoms with van der Waals surface area (Å²) in [5.74, 6) is 1.08. The van der Waals surface area contributed by atoms with E-state index in [9.17, 15) is 0 Å². The van der Waals surface area contributed by atoms with Crippen LogP contribution in [0.1, 0.15) is 5.69 Å². The number of aromatic nitrogens is 2. The summed E-state index contributed by atoms with van der Waals surface area (Å²) in [5, 5.41) is 0. The second-order valence-electron chi connectivity index (χ2n) is 4.77. The Kier molecular flexibility index (Phi) is 3.70. The third kappa shape index (κ3) is 3.09. The fraction of sp³-hybridized carbons (Fsp3) is 0.333. The largest absolute Gasteiger partial charge is 0.354 e. The second kappa shape index (κ2) is 5.80. The van der Waals surface area contributed by atoms with Crippen molar-refractivity contribution in [1.82, 2.24) is 14.9 Å². The second-order valence-corrected chi connectivity index (χ2v) is 4.77. The van der Waals surface area contributed by atoms with Crippen LogP contribution in [0.3, 0.4) is 0 Å². The van der Waals surface area contributed by atoms with Crippen molar-refractivity contribution in [2.24, 2.45) is 0 Å². The molecule has 4 nitrogen and oxygen atoms in total. The molecule has 1 aliphatic heterocycles. The summed E-state index contributed by atoms with van der Waals surface area (Å²) < 4.78 is 0. The molecule has 1 saturated heterocycles. The van der Waals surface area contributed by atoms with Crippen molar-refractivity contribution in [3.05, 3.63) is 54.5 Å². The molecule has 0 spiro atoms. The van der Waals surface area contributed by atoms with Crippen LogP contribution in [0.5, 0.6) is 0 Å². The molecule has 0 aromatic carbocycles. The molecule has 0 aliphatic carbocycles. The van der Waals surface area contributed by atoms with Gasteiger partial charge in [-0.3, -0.25) is 9.88 Å². The zero-order chi connectivity index (χ0) is 12.9. The Labute approximate surface area is 113 Å². The number of piperazine rings is 1. The van der Waals surface area contributed by atoms with Crippen LogP contribution in [0.2, 0.25) is 0 Å². The van der Waals surface area contributed by atoms with Gasteiger partial charge in [0.05, 0.1) is 5.69 Å². The smallest absolute Gasteiger partial charge is 0.128 e. The van der Waals surface area contributed by atoms with Crippen molar-refractivity contribution in [3.63, 3.8) is 0 Å². The van der Waals surface area contributed by atoms with Crippen LogP contribution in [0.25, 0.3) is 0 Å². The minimum atomic E-state index is 0.941. The van der Waals surface area contributed by atoms with E-state index in [0.29, 0.717) is 0 Å². The highest BCUT2D eigenvalue weighted by atomic mass is 15.3. The topological polar surface area (TPSA) is 32.3 Å². The summed E-state index contributed by atoms with van der Waals surface area (Å²) in [5.41, 5.74) is 1.15. The molecule has 0 N–H and O–H groups in total. The Hall–Kier alpha value is -1.94. The van der Waals surface area contributed by atoms with Gasteiger partial charge < -0.3 is 4.90 Å². The summed E-state index contributed by atoms with van der Waals surface area (Å²) in [6.07, 6.45) is 3.72. The molecule has 19 heavy (non-hydrogen) atoms. The van der Waals surface area contributed by atoms with Crippen LogP contribution >= 0.6 is 0 Å². The lowest BCUT2D eigenvalue weighted by molar-refractivity contribution is 0.246. The molecule has 0 radical (unpaired) electrons. The Bertz CT molecular complexity index is 492. The van der Waals surface area contributed by atoms with Crippen LogP contribution in [0, 0.1) is 0 Å². The predicted octanol–water partition coefficient (Wildman–Crippen LogP) is 1.80. The first kappa shape index (κ1) is 12.1. The number of pyridine rings is 2. The van der Waals surface area contributed by atoms with E-state index in [2.05, 4.69) is 31.9 Å². The van der Waals surface area contributed by atoms with Gasteiger partial charge in [-0.2, -0.15) is 0 Å². The zero-order valence-electron chi connectivity index (χ0n) is 10.9. The number of hydrogen-bond donors (Lipinski definition) is 0. The molecule has 1 fully saturated rings. The first-order valence-corrected chi connectivity index (χ1v) is 6.70. The highest BCUT2D eigenvalue weighted by Gasteiger charge is 2.17. The molecular formula is C15H18N4. The maximum atomic E-state index is 4.41. The molecule has 0 atom stereocenters. The molecule has 0 amide bonds. The fourth-order valence-corrected chi connectivity index (χ4v) is 2.40. The molecule has 4 heteroatoms. The summed E-state index contributed by atoms with van der Waals surface area (Å²) in [4.78, 5) is 13.6. The Balaban J connectivity index is 1.55. The van der Waals surface area contributed by atoms with E-state index in [1.807, 2.05) is 36.7 Å². The maximum absolute atomic E-state index is 4.41. The van der Waals surface area contributed by atoms with Crippen LogP contribution in [-0.4, -0.2) is 41.0 Å². The van der Waals surface area contributed by atoms with Crippen molar-refractivity contribution in [2.75, 3.05) is 31.1 Å². The van der Waals surface area contributed by atoms with Crippen LogP contribution in [0.15, 0.2) is 48.8 Å². The Morgan fingerprint density at radius 2 is 1.58 bits per heavy atom. The molecule has 2 aromatic heterocycles. The number of hydrogen-bond acceptors (Lipinski definition) is 4. The lowest BCUT2D eigenvalue weighted by Crippen LogP contribution is -2.46. The molecular weight excluding hydrogens is 236 g/mol. The number of nitrogens with zero attached hydrogens (tertiary/aromatic N) is 4. The quantitative estimate of drug-likeness (QED) is 0.836. The standard InChI is InChI=1S/C15H18N4/c1-3-7-16-14(5-1)13-18-9-11-19(12-10-18)15-6-2-4-8-17-15/h1-8H,9-13H2. The Morgan fingerprint density at radius 3 is 2.21 bits per heavy atom. The number of rotatable bonds is 3. The molecule has 1 aliphatic rings.